The topological polar surface area (TPSA) is 89.3 Å². The molecule has 5 N–H and O–H groups in total. The van der Waals surface area contributed by atoms with Crippen LogP contribution in [0.2, 0.25) is 0 Å². The van der Waals surface area contributed by atoms with E-state index in [1.165, 1.54) is 0 Å². The summed E-state index contributed by atoms with van der Waals surface area (Å²) >= 11 is 0. The van der Waals surface area contributed by atoms with Crippen LogP contribution < -0.4 is 11.5 Å². The Morgan fingerprint density at radius 1 is 1.73 bits per heavy atom. The van der Waals surface area contributed by atoms with Crippen LogP contribution >= 0.6 is 0 Å². The molecule has 2 atom stereocenters. The van der Waals surface area contributed by atoms with Crippen LogP contribution in [0.3, 0.4) is 0 Å². The smallest absolute Gasteiger partial charge is 0.219 e. The predicted octanol–water partition coefficient (Wildman–Crippen LogP) is -0.650. The molecule has 4 heteroatoms. The van der Waals surface area contributed by atoms with E-state index in [1.807, 2.05) is 0 Å². The molecule has 1 amide bonds. The predicted molar refractivity (Wildman–Crippen MR) is 42.7 cm³/mol. The van der Waals surface area contributed by atoms with Gasteiger partial charge < -0.3 is 16.6 Å². The standard InChI is InChI=1S/C7H16N2O2/c1-3-5(10)7(2,9)4-6(8)11/h5,10H,3-4,9H2,1-2H3,(H2,8,11). The summed E-state index contributed by atoms with van der Waals surface area (Å²) in [5.41, 5.74) is 9.67. The van der Waals surface area contributed by atoms with Crippen molar-refractivity contribution in [3.05, 3.63) is 0 Å². The van der Waals surface area contributed by atoms with Crippen LogP contribution in [0, 0.1) is 0 Å². The summed E-state index contributed by atoms with van der Waals surface area (Å²) in [7, 11) is 0. The van der Waals surface area contributed by atoms with E-state index < -0.39 is 17.6 Å². The van der Waals surface area contributed by atoms with Crippen molar-refractivity contribution in [3.8, 4) is 0 Å². The van der Waals surface area contributed by atoms with Crippen LogP contribution in [0.4, 0.5) is 0 Å². The lowest BCUT2D eigenvalue weighted by Crippen LogP contribution is -2.50. The number of aliphatic hydroxyl groups is 1. The van der Waals surface area contributed by atoms with Gasteiger partial charge in [0.2, 0.25) is 5.91 Å². The number of primary amides is 1. The second-order valence-electron chi connectivity index (χ2n) is 3.07. The minimum absolute atomic E-state index is 0.0159. The third kappa shape index (κ3) is 3.34. The van der Waals surface area contributed by atoms with E-state index in [2.05, 4.69) is 0 Å². The number of hydrogen-bond acceptors (Lipinski definition) is 3. The van der Waals surface area contributed by atoms with Gasteiger partial charge >= 0.3 is 0 Å². The first-order valence-corrected chi connectivity index (χ1v) is 3.65. The van der Waals surface area contributed by atoms with Gasteiger partial charge in [0, 0.05) is 12.0 Å². The first-order chi connectivity index (χ1) is 4.90. The van der Waals surface area contributed by atoms with E-state index in [0.29, 0.717) is 6.42 Å². The van der Waals surface area contributed by atoms with Gasteiger partial charge in [0.25, 0.3) is 0 Å². The van der Waals surface area contributed by atoms with Crippen molar-refractivity contribution >= 4 is 5.91 Å². The van der Waals surface area contributed by atoms with Crippen LogP contribution in [0.15, 0.2) is 0 Å². The molecule has 0 fully saturated rings. The summed E-state index contributed by atoms with van der Waals surface area (Å²) in [4.78, 5) is 10.5. The number of carbonyl (C=O) groups excluding carboxylic acids is 1. The lowest BCUT2D eigenvalue weighted by molar-refractivity contribution is -0.120. The van der Waals surface area contributed by atoms with Crippen LogP contribution in [-0.4, -0.2) is 22.7 Å². The van der Waals surface area contributed by atoms with Gasteiger partial charge in [-0.05, 0) is 13.3 Å². The third-order valence-electron chi connectivity index (χ3n) is 1.70. The summed E-state index contributed by atoms with van der Waals surface area (Å²) in [5, 5.41) is 9.30. The fourth-order valence-corrected chi connectivity index (χ4v) is 0.960. The van der Waals surface area contributed by atoms with Crippen LogP contribution in [0.1, 0.15) is 26.7 Å². The van der Waals surface area contributed by atoms with Crippen LogP contribution in [-0.2, 0) is 4.79 Å². The molecule has 0 aromatic carbocycles. The number of hydrogen-bond donors (Lipinski definition) is 3. The molecule has 0 aromatic heterocycles. The normalized spacial score (nSPS) is 18.9. The van der Waals surface area contributed by atoms with Gasteiger partial charge in [-0.3, -0.25) is 4.79 Å². The van der Waals surface area contributed by atoms with Gasteiger partial charge in [-0.1, -0.05) is 6.92 Å². The van der Waals surface area contributed by atoms with Gasteiger partial charge in [-0.25, -0.2) is 0 Å². The maximum atomic E-state index is 10.5. The molecular formula is C7H16N2O2. The van der Waals surface area contributed by atoms with Crippen molar-refractivity contribution in [1.82, 2.24) is 0 Å². The molecule has 0 saturated carbocycles. The SMILES string of the molecule is CCC(O)C(C)(N)CC(N)=O. The van der Waals surface area contributed by atoms with E-state index in [0.717, 1.165) is 0 Å². The Bertz CT molecular complexity index is 145. The number of amides is 1. The molecule has 0 saturated heterocycles. The Kier molecular flexibility index (Phi) is 3.48. The van der Waals surface area contributed by atoms with Crippen LogP contribution in [0.5, 0.6) is 0 Å². The third-order valence-corrected chi connectivity index (χ3v) is 1.70. The monoisotopic (exact) mass is 160 g/mol. The zero-order chi connectivity index (χ0) is 9.07. The van der Waals surface area contributed by atoms with Crippen molar-refractivity contribution < 1.29 is 9.90 Å². The molecule has 0 aliphatic heterocycles. The van der Waals surface area contributed by atoms with Crippen molar-refractivity contribution in [2.45, 2.75) is 38.3 Å². The second-order valence-corrected chi connectivity index (χ2v) is 3.07. The lowest BCUT2D eigenvalue weighted by atomic mass is 9.90. The average Bonchev–Trinajstić information content (AvgIpc) is 1.83. The average molecular weight is 160 g/mol. The molecule has 0 aliphatic rings. The van der Waals surface area contributed by atoms with Gasteiger partial charge in [0.1, 0.15) is 0 Å². The largest absolute Gasteiger partial charge is 0.391 e. The summed E-state index contributed by atoms with van der Waals surface area (Å²) in [6, 6.07) is 0. The quantitative estimate of drug-likeness (QED) is 0.510. The molecule has 4 nitrogen and oxygen atoms in total. The van der Waals surface area contributed by atoms with E-state index in [1.54, 1.807) is 13.8 Å². The molecule has 0 heterocycles. The number of carbonyl (C=O) groups is 1. The summed E-state index contributed by atoms with van der Waals surface area (Å²) in [6.07, 6.45) is -0.127. The van der Waals surface area contributed by atoms with Crippen LogP contribution in [0.25, 0.3) is 0 Å². The molecule has 0 spiro atoms. The summed E-state index contributed by atoms with van der Waals surface area (Å²) < 4.78 is 0. The maximum Gasteiger partial charge on any atom is 0.219 e. The number of rotatable bonds is 4. The Hall–Kier alpha value is -0.610. The first-order valence-electron chi connectivity index (χ1n) is 3.65. The van der Waals surface area contributed by atoms with E-state index >= 15 is 0 Å². The highest BCUT2D eigenvalue weighted by atomic mass is 16.3. The van der Waals surface area contributed by atoms with Crippen molar-refractivity contribution in [2.75, 3.05) is 0 Å². The fourth-order valence-electron chi connectivity index (χ4n) is 0.960. The highest BCUT2D eigenvalue weighted by molar-refractivity contribution is 5.75. The summed E-state index contributed by atoms with van der Waals surface area (Å²) in [6.45, 7) is 3.42. The van der Waals surface area contributed by atoms with Crippen molar-refractivity contribution in [3.63, 3.8) is 0 Å². The molecular weight excluding hydrogens is 144 g/mol. The molecule has 2 unspecified atom stereocenters. The van der Waals surface area contributed by atoms with E-state index in [4.69, 9.17) is 11.5 Å². The van der Waals surface area contributed by atoms with Crippen molar-refractivity contribution in [2.24, 2.45) is 11.5 Å². The highest BCUT2D eigenvalue weighted by Crippen LogP contribution is 2.13. The Balaban J connectivity index is 4.08. The zero-order valence-corrected chi connectivity index (χ0v) is 7.00. The van der Waals surface area contributed by atoms with Gasteiger partial charge in [-0.2, -0.15) is 0 Å². The molecule has 0 bridgehead atoms. The van der Waals surface area contributed by atoms with Gasteiger partial charge in [0.15, 0.2) is 0 Å². The minimum Gasteiger partial charge on any atom is -0.391 e. The Labute approximate surface area is 66.6 Å². The minimum atomic E-state index is -0.888. The maximum absolute atomic E-state index is 10.5. The second kappa shape index (κ2) is 3.69. The fraction of sp³-hybridized carbons (Fsp3) is 0.857. The summed E-state index contributed by atoms with van der Waals surface area (Å²) in [5.74, 6) is -0.484. The molecule has 0 aliphatic carbocycles. The molecule has 11 heavy (non-hydrogen) atoms. The molecule has 0 aromatic rings. The highest BCUT2D eigenvalue weighted by Gasteiger charge is 2.28. The van der Waals surface area contributed by atoms with Gasteiger partial charge in [0.05, 0.1) is 6.10 Å². The molecule has 0 radical (unpaired) electrons. The lowest BCUT2D eigenvalue weighted by Gasteiger charge is -2.28. The zero-order valence-electron chi connectivity index (χ0n) is 7.00. The number of nitrogens with two attached hydrogens (primary N) is 2. The van der Waals surface area contributed by atoms with E-state index in [9.17, 15) is 9.90 Å². The molecule has 0 rings (SSSR count). The Morgan fingerprint density at radius 2 is 2.18 bits per heavy atom. The number of aliphatic hydroxyl groups excluding tert-OH is 1. The first kappa shape index (κ1) is 10.4. The van der Waals surface area contributed by atoms with Gasteiger partial charge in [-0.15, -0.1) is 0 Å². The Morgan fingerprint density at radius 3 is 2.45 bits per heavy atom. The molecule has 66 valence electrons. The van der Waals surface area contributed by atoms with E-state index in [-0.39, 0.29) is 6.42 Å². The van der Waals surface area contributed by atoms with Crippen molar-refractivity contribution in [1.29, 1.82) is 0 Å².